The fourth-order valence-electron chi connectivity index (χ4n) is 3.53. The largest absolute Gasteiger partial charge is 0.396 e. The van der Waals surface area contributed by atoms with E-state index in [1.807, 2.05) is 24.3 Å². The van der Waals surface area contributed by atoms with Gasteiger partial charge in [0.15, 0.2) is 0 Å². The van der Waals surface area contributed by atoms with Crippen LogP contribution in [-0.2, 0) is 0 Å². The summed E-state index contributed by atoms with van der Waals surface area (Å²) < 4.78 is 0. The van der Waals surface area contributed by atoms with E-state index in [1.54, 1.807) is 0 Å². The molecule has 2 aliphatic heterocycles. The normalized spacial score (nSPS) is 17.0. The highest BCUT2D eigenvalue weighted by Crippen LogP contribution is 2.36. The Balaban J connectivity index is 1.65. The summed E-state index contributed by atoms with van der Waals surface area (Å²) in [6.45, 7) is 5.02. The number of anilines is 2. The predicted octanol–water partition coefficient (Wildman–Crippen LogP) is 3.48. The standard InChI is InChI=1S/C20H23ClN4O/c21-15-6-7-18-19(14-15)23-20(16-4-1-2-5-17(16)22-18)25-11-9-24(10-12-25)8-3-13-26/h1-2,4-7,14,22,26H,3,8-13H2. The molecule has 2 N–H and O–H groups in total. The van der Waals surface area contributed by atoms with Crippen molar-refractivity contribution < 1.29 is 5.11 Å². The molecule has 0 aliphatic carbocycles. The summed E-state index contributed by atoms with van der Waals surface area (Å²) in [5.74, 6) is 0.996. The molecule has 2 heterocycles. The highest BCUT2D eigenvalue weighted by atomic mass is 35.5. The molecule has 0 unspecified atom stereocenters. The van der Waals surface area contributed by atoms with Gasteiger partial charge in [0.1, 0.15) is 5.84 Å². The molecule has 0 saturated carbocycles. The molecule has 4 rings (SSSR count). The second kappa shape index (κ2) is 7.66. The van der Waals surface area contributed by atoms with Crippen molar-refractivity contribution in [1.29, 1.82) is 0 Å². The van der Waals surface area contributed by atoms with Gasteiger partial charge in [0.25, 0.3) is 0 Å². The van der Waals surface area contributed by atoms with Crippen molar-refractivity contribution in [3.05, 3.63) is 53.1 Å². The lowest BCUT2D eigenvalue weighted by Gasteiger charge is -2.36. The molecule has 0 bridgehead atoms. The maximum Gasteiger partial charge on any atom is 0.138 e. The highest BCUT2D eigenvalue weighted by Gasteiger charge is 2.24. The fourth-order valence-corrected chi connectivity index (χ4v) is 3.69. The quantitative estimate of drug-likeness (QED) is 0.868. The van der Waals surface area contributed by atoms with Gasteiger partial charge in [0.05, 0.1) is 11.4 Å². The predicted molar refractivity (Wildman–Crippen MR) is 107 cm³/mol. The lowest BCUT2D eigenvalue weighted by atomic mass is 10.1. The Hall–Kier alpha value is -2.08. The zero-order valence-electron chi connectivity index (χ0n) is 14.7. The minimum atomic E-state index is 0.253. The van der Waals surface area contributed by atoms with Gasteiger partial charge in [-0.1, -0.05) is 23.7 Å². The number of hydrogen-bond donors (Lipinski definition) is 2. The molecule has 0 atom stereocenters. The molecule has 0 amide bonds. The van der Waals surface area contributed by atoms with Crippen LogP contribution < -0.4 is 5.32 Å². The lowest BCUT2D eigenvalue weighted by Crippen LogP contribution is -2.49. The maximum atomic E-state index is 9.03. The van der Waals surface area contributed by atoms with Crippen molar-refractivity contribution >= 4 is 34.5 Å². The van der Waals surface area contributed by atoms with Gasteiger partial charge in [-0.05, 0) is 36.8 Å². The topological polar surface area (TPSA) is 51.1 Å². The van der Waals surface area contributed by atoms with E-state index in [-0.39, 0.29) is 6.61 Å². The first-order valence-electron chi connectivity index (χ1n) is 9.07. The lowest BCUT2D eigenvalue weighted by molar-refractivity contribution is 0.166. The van der Waals surface area contributed by atoms with Crippen molar-refractivity contribution in [2.75, 3.05) is 44.6 Å². The summed E-state index contributed by atoms with van der Waals surface area (Å²) in [5.41, 5.74) is 4.02. The van der Waals surface area contributed by atoms with E-state index >= 15 is 0 Å². The molecule has 2 aliphatic rings. The van der Waals surface area contributed by atoms with Crippen LogP contribution in [0.5, 0.6) is 0 Å². The Morgan fingerprint density at radius 2 is 1.85 bits per heavy atom. The molecule has 1 fully saturated rings. The smallest absolute Gasteiger partial charge is 0.138 e. The number of aliphatic hydroxyl groups excluding tert-OH is 1. The number of halogens is 1. The number of nitrogens with zero attached hydrogens (tertiary/aromatic N) is 3. The monoisotopic (exact) mass is 370 g/mol. The van der Waals surface area contributed by atoms with Crippen LogP contribution in [-0.4, -0.2) is 60.1 Å². The van der Waals surface area contributed by atoms with Crippen LogP contribution in [0.4, 0.5) is 17.1 Å². The third-order valence-electron chi connectivity index (χ3n) is 4.93. The first-order valence-corrected chi connectivity index (χ1v) is 9.45. The van der Waals surface area contributed by atoms with Crippen molar-refractivity contribution in [3.8, 4) is 0 Å². The number of amidine groups is 1. The van der Waals surface area contributed by atoms with Crippen molar-refractivity contribution in [1.82, 2.24) is 9.80 Å². The molecule has 26 heavy (non-hydrogen) atoms. The third-order valence-corrected chi connectivity index (χ3v) is 5.16. The number of aliphatic hydroxyl groups is 1. The summed E-state index contributed by atoms with van der Waals surface area (Å²) in [5, 5.41) is 13.2. The number of para-hydroxylation sites is 1. The second-order valence-electron chi connectivity index (χ2n) is 6.67. The molecular weight excluding hydrogens is 348 g/mol. The molecule has 0 spiro atoms. The molecule has 2 aromatic rings. The van der Waals surface area contributed by atoms with E-state index in [4.69, 9.17) is 21.7 Å². The van der Waals surface area contributed by atoms with Gasteiger partial charge in [-0.2, -0.15) is 0 Å². The van der Waals surface area contributed by atoms with Crippen molar-refractivity contribution in [2.24, 2.45) is 4.99 Å². The van der Waals surface area contributed by atoms with Crippen LogP contribution in [0, 0.1) is 0 Å². The van der Waals surface area contributed by atoms with Gasteiger partial charge >= 0.3 is 0 Å². The fraction of sp³-hybridized carbons (Fsp3) is 0.350. The Morgan fingerprint density at radius 3 is 2.65 bits per heavy atom. The number of benzene rings is 2. The Kier molecular flexibility index (Phi) is 5.11. The average Bonchev–Trinajstić information content (AvgIpc) is 2.83. The van der Waals surface area contributed by atoms with Gasteiger partial charge < -0.3 is 15.3 Å². The minimum Gasteiger partial charge on any atom is -0.396 e. The number of rotatable bonds is 3. The molecule has 5 nitrogen and oxygen atoms in total. The molecule has 6 heteroatoms. The molecule has 0 aromatic heterocycles. The van der Waals surface area contributed by atoms with Crippen LogP contribution >= 0.6 is 11.6 Å². The summed E-state index contributed by atoms with van der Waals surface area (Å²) in [6.07, 6.45) is 0.833. The summed E-state index contributed by atoms with van der Waals surface area (Å²) >= 11 is 6.20. The van der Waals surface area contributed by atoms with E-state index < -0.39 is 0 Å². The Bertz CT molecular complexity index is 815. The molecule has 1 saturated heterocycles. The number of fused-ring (bicyclic) bond motifs is 2. The third kappa shape index (κ3) is 3.56. The van der Waals surface area contributed by atoms with Crippen molar-refractivity contribution in [3.63, 3.8) is 0 Å². The van der Waals surface area contributed by atoms with Gasteiger partial charge in [0, 0.05) is 55.6 Å². The summed E-state index contributed by atoms with van der Waals surface area (Å²) in [6, 6.07) is 14.1. The van der Waals surface area contributed by atoms with E-state index in [9.17, 15) is 0 Å². The number of aliphatic imine (C=N–C) groups is 1. The maximum absolute atomic E-state index is 9.03. The van der Waals surface area contributed by atoms with Gasteiger partial charge in [-0.15, -0.1) is 0 Å². The zero-order chi connectivity index (χ0) is 17.9. The number of hydrogen-bond acceptors (Lipinski definition) is 5. The van der Waals surface area contributed by atoms with Gasteiger partial charge in [-0.25, -0.2) is 4.99 Å². The van der Waals surface area contributed by atoms with E-state index in [0.717, 1.165) is 67.6 Å². The molecule has 2 aromatic carbocycles. The van der Waals surface area contributed by atoms with Crippen molar-refractivity contribution in [2.45, 2.75) is 6.42 Å². The average molecular weight is 371 g/mol. The van der Waals surface area contributed by atoms with Crippen LogP contribution in [0.15, 0.2) is 47.5 Å². The molecule has 136 valence electrons. The van der Waals surface area contributed by atoms with Crippen LogP contribution in [0.1, 0.15) is 12.0 Å². The molecular formula is C20H23ClN4O. The summed E-state index contributed by atoms with van der Waals surface area (Å²) in [4.78, 5) is 9.74. The Morgan fingerprint density at radius 1 is 1.04 bits per heavy atom. The zero-order valence-corrected chi connectivity index (χ0v) is 15.4. The number of nitrogens with one attached hydrogen (secondary N) is 1. The SMILES string of the molecule is OCCCN1CCN(C2=Nc3cc(Cl)ccc3Nc3ccccc32)CC1. The van der Waals surface area contributed by atoms with Gasteiger partial charge in [0.2, 0.25) is 0 Å². The van der Waals surface area contributed by atoms with Crippen LogP contribution in [0.25, 0.3) is 0 Å². The van der Waals surface area contributed by atoms with Crippen LogP contribution in [0.2, 0.25) is 5.02 Å². The highest BCUT2D eigenvalue weighted by molar-refractivity contribution is 6.31. The van der Waals surface area contributed by atoms with E-state index in [2.05, 4.69) is 33.3 Å². The van der Waals surface area contributed by atoms with E-state index in [0.29, 0.717) is 5.02 Å². The number of piperazine rings is 1. The first kappa shape index (κ1) is 17.3. The van der Waals surface area contributed by atoms with Gasteiger partial charge in [-0.3, -0.25) is 4.90 Å². The van der Waals surface area contributed by atoms with E-state index in [1.165, 1.54) is 0 Å². The summed E-state index contributed by atoms with van der Waals surface area (Å²) in [7, 11) is 0. The first-order chi connectivity index (χ1) is 12.7. The molecule has 0 radical (unpaired) electrons. The Labute approximate surface area is 158 Å². The minimum absolute atomic E-state index is 0.253. The second-order valence-corrected chi connectivity index (χ2v) is 7.11. The van der Waals surface area contributed by atoms with Crippen LogP contribution in [0.3, 0.4) is 0 Å².